The van der Waals surface area contributed by atoms with Crippen LogP contribution in [0.2, 0.25) is 0 Å². The fourth-order valence-corrected chi connectivity index (χ4v) is 5.37. The van der Waals surface area contributed by atoms with Gasteiger partial charge >= 0.3 is 0 Å². The number of carbonyl (C=O) groups excluding carboxylic acids is 1. The highest BCUT2D eigenvalue weighted by molar-refractivity contribution is 6.01. The van der Waals surface area contributed by atoms with Crippen molar-refractivity contribution in [2.45, 2.75) is 50.2 Å². The van der Waals surface area contributed by atoms with Crippen LogP contribution in [0.4, 0.5) is 5.82 Å². The number of nitrogens with zero attached hydrogens (tertiary/aromatic N) is 5. The van der Waals surface area contributed by atoms with E-state index in [2.05, 4.69) is 20.6 Å². The Bertz CT molecular complexity index is 1180. The first-order valence-corrected chi connectivity index (χ1v) is 10.8. The summed E-state index contributed by atoms with van der Waals surface area (Å²) >= 11 is 0. The van der Waals surface area contributed by atoms with Gasteiger partial charge in [-0.25, -0.2) is 0 Å². The number of phenols is 1. The number of aromatic hydroxyl groups is 1. The largest absolute Gasteiger partial charge is 0.507 e. The van der Waals surface area contributed by atoms with Crippen molar-refractivity contribution >= 4 is 11.7 Å². The zero-order valence-corrected chi connectivity index (χ0v) is 17.3. The molecule has 2 N–H and O–H groups in total. The average Bonchev–Trinajstić information content (AvgIpc) is 3.43. The summed E-state index contributed by atoms with van der Waals surface area (Å²) < 4.78 is 1.73. The summed E-state index contributed by atoms with van der Waals surface area (Å²) in [6, 6.07) is 8.58. The molecule has 2 aromatic heterocycles. The van der Waals surface area contributed by atoms with Crippen LogP contribution in [-0.4, -0.2) is 49.1 Å². The molecule has 2 atom stereocenters. The number of amides is 1. The Morgan fingerprint density at radius 1 is 1.10 bits per heavy atom. The van der Waals surface area contributed by atoms with Crippen LogP contribution in [0, 0.1) is 0 Å². The van der Waals surface area contributed by atoms with Gasteiger partial charge in [-0.3, -0.25) is 14.4 Å². The van der Waals surface area contributed by atoms with Crippen molar-refractivity contribution in [3.8, 4) is 28.1 Å². The van der Waals surface area contributed by atoms with E-state index < -0.39 is 0 Å². The predicted molar refractivity (Wildman–Crippen MR) is 115 cm³/mol. The number of rotatable bonds is 3. The predicted octanol–water partition coefficient (Wildman–Crippen LogP) is 2.42. The van der Waals surface area contributed by atoms with Gasteiger partial charge in [0.05, 0.1) is 18.3 Å². The van der Waals surface area contributed by atoms with Crippen LogP contribution in [0.25, 0.3) is 22.4 Å². The molecule has 1 amide bonds. The maximum absolute atomic E-state index is 12.9. The lowest BCUT2D eigenvalue weighted by molar-refractivity contribution is -0.118. The summed E-state index contributed by atoms with van der Waals surface area (Å²) in [4.78, 5) is 14.7. The fourth-order valence-electron chi connectivity index (χ4n) is 5.37. The number of hydrogen-bond donors (Lipinski definition) is 2. The second-order valence-electron chi connectivity index (χ2n) is 8.92. The molecule has 0 spiro atoms. The Kier molecular flexibility index (Phi) is 4.11. The van der Waals surface area contributed by atoms with E-state index in [4.69, 9.17) is 0 Å². The number of phenolic OH excluding ortho intramolecular Hbond substituents is 1. The molecule has 2 unspecified atom stereocenters. The smallest absolute Gasteiger partial charge is 0.233 e. The number of aryl methyl sites for hydroxylation is 1. The van der Waals surface area contributed by atoms with Gasteiger partial charge in [-0.1, -0.05) is 6.07 Å². The normalized spacial score (nSPS) is 24.6. The molecule has 0 aliphatic carbocycles. The van der Waals surface area contributed by atoms with Crippen LogP contribution >= 0.6 is 0 Å². The summed E-state index contributed by atoms with van der Waals surface area (Å²) in [5.41, 5.74) is 3.88. The van der Waals surface area contributed by atoms with E-state index in [-0.39, 0.29) is 17.7 Å². The minimum atomic E-state index is 0.101. The van der Waals surface area contributed by atoms with E-state index in [1.807, 2.05) is 36.3 Å². The zero-order valence-electron chi connectivity index (χ0n) is 17.3. The lowest BCUT2D eigenvalue weighted by Gasteiger charge is -2.35. The van der Waals surface area contributed by atoms with Gasteiger partial charge in [-0.05, 0) is 49.4 Å². The Hall–Kier alpha value is -3.26. The van der Waals surface area contributed by atoms with Crippen molar-refractivity contribution in [3.63, 3.8) is 0 Å². The molecule has 3 aliphatic heterocycles. The number of hydrogen-bond acceptors (Lipinski definition) is 6. The number of piperidine rings is 1. The Labute approximate surface area is 179 Å². The van der Waals surface area contributed by atoms with Crippen LogP contribution < -0.4 is 10.2 Å². The van der Waals surface area contributed by atoms with Crippen LogP contribution in [0.1, 0.15) is 31.2 Å². The Balaban J connectivity index is 1.30. The molecule has 5 heterocycles. The first-order chi connectivity index (χ1) is 15.0. The van der Waals surface area contributed by atoms with Crippen molar-refractivity contribution in [3.05, 3.63) is 42.2 Å². The molecule has 2 saturated heterocycles. The van der Waals surface area contributed by atoms with Crippen molar-refractivity contribution in [1.29, 1.82) is 0 Å². The highest BCUT2D eigenvalue weighted by Gasteiger charge is 2.42. The zero-order chi connectivity index (χ0) is 21.1. The van der Waals surface area contributed by atoms with Crippen LogP contribution in [0.5, 0.6) is 5.75 Å². The van der Waals surface area contributed by atoms with Crippen LogP contribution in [0.3, 0.4) is 0 Å². The summed E-state index contributed by atoms with van der Waals surface area (Å²) in [6.07, 6.45) is 8.33. The third-order valence-electron chi connectivity index (χ3n) is 6.81. The third kappa shape index (κ3) is 3.09. The molecule has 0 saturated carbocycles. The maximum atomic E-state index is 12.9. The average molecular weight is 416 g/mol. The van der Waals surface area contributed by atoms with Gasteiger partial charge in [-0.15, -0.1) is 10.2 Å². The molecule has 8 heteroatoms. The number of fused-ring (bicyclic) bond motifs is 3. The molecule has 3 aliphatic rings. The lowest BCUT2D eigenvalue weighted by atomic mass is 9.98. The maximum Gasteiger partial charge on any atom is 0.233 e. The number of anilines is 1. The van der Waals surface area contributed by atoms with Gasteiger partial charge in [-0.2, -0.15) is 5.10 Å². The highest BCUT2D eigenvalue weighted by Crippen LogP contribution is 2.38. The summed E-state index contributed by atoms with van der Waals surface area (Å²) in [5, 5.41) is 27.3. The van der Waals surface area contributed by atoms with E-state index in [1.165, 1.54) is 12.8 Å². The molecule has 158 valence electrons. The quantitative estimate of drug-likeness (QED) is 0.681. The molecule has 2 fully saturated rings. The Morgan fingerprint density at radius 2 is 1.90 bits per heavy atom. The van der Waals surface area contributed by atoms with E-state index in [0.29, 0.717) is 35.6 Å². The van der Waals surface area contributed by atoms with Crippen molar-refractivity contribution in [1.82, 2.24) is 25.3 Å². The van der Waals surface area contributed by atoms with E-state index in [0.717, 1.165) is 29.5 Å². The SMILES string of the molecule is Cn1cc(-c2ccc(-c3cc4c(nn3)N(C3CC5CCC(C3)N5)C(=O)C4)c(O)c2)cn1. The van der Waals surface area contributed by atoms with Crippen molar-refractivity contribution in [2.24, 2.45) is 7.05 Å². The van der Waals surface area contributed by atoms with Gasteiger partial charge in [0.2, 0.25) is 5.91 Å². The van der Waals surface area contributed by atoms with Crippen molar-refractivity contribution < 1.29 is 9.90 Å². The molecule has 8 nitrogen and oxygen atoms in total. The highest BCUT2D eigenvalue weighted by atomic mass is 16.3. The number of aromatic nitrogens is 4. The second kappa shape index (κ2) is 6.88. The van der Waals surface area contributed by atoms with Crippen LogP contribution in [0.15, 0.2) is 36.7 Å². The molecule has 31 heavy (non-hydrogen) atoms. The van der Waals surface area contributed by atoms with Crippen molar-refractivity contribution in [2.75, 3.05) is 4.90 Å². The van der Waals surface area contributed by atoms with Gasteiger partial charge < -0.3 is 10.4 Å². The van der Waals surface area contributed by atoms with Gasteiger partial charge in [0.15, 0.2) is 5.82 Å². The van der Waals surface area contributed by atoms with E-state index in [1.54, 1.807) is 16.9 Å². The van der Waals surface area contributed by atoms with Gasteiger partial charge in [0.1, 0.15) is 5.75 Å². The molecule has 1 aromatic carbocycles. The topological polar surface area (TPSA) is 96.2 Å². The van der Waals surface area contributed by atoms with Gasteiger partial charge in [0, 0.05) is 48.1 Å². The van der Waals surface area contributed by atoms with Crippen LogP contribution in [-0.2, 0) is 18.3 Å². The van der Waals surface area contributed by atoms with E-state index >= 15 is 0 Å². The second-order valence-corrected chi connectivity index (χ2v) is 8.92. The molecular formula is C23H24N6O2. The standard InChI is InChI=1S/C23H24N6O2/c1-28-12-15(11-24-28)13-2-5-19(21(30)7-13)20-6-14-8-22(31)29(23(14)27-26-20)18-9-16-3-4-17(10-18)25-16/h2,5-7,11-12,16-18,25,30H,3-4,8-10H2,1H3. The molecule has 0 radical (unpaired) electrons. The molecule has 6 rings (SSSR count). The number of carbonyl (C=O) groups is 1. The minimum absolute atomic E-state index is 0.101. The monoisotopic (exact) mass is 416 g/mol. The Morgan fingerprint density at radius 3 is 2.61 bits per heavy atom. The summed E-state index contributed by atoms with van der Waals surface area (Å²) in [5.74, 6) is 0.919. The lowest BCUT2D eigenvalue weighted by Crippen LogP contribution is -2.49. The minimum Gasteiger partial charge on any atom is -0.507 e. The number of nitrogens with one attached hydrogen (secondary N) is 1. The fraction of sp³-hybridized carbons (Fsp3) is 0.391. The summed E-state index contributed by atoms with van der Waals surface area (Å²) in [6.45, 7) is 0. The summed E-state index contributed by atoms with van der Waals surface area (Å²) in [7, 11) is 1.86. The molecule has 2 bridgehead atoms. The van der Waals surface area contributed by atoms with Gasteiger partial charge in [0.25, 0.3) is 0 Å². The molecular weight excluding hydrogens is 392 g/mol. The molecule has 3 aromatic rings. The first-order valence-electron chi connectivity index (χ1n) is 10.8. The van der Waals surface area contributed by atoms with E-state index in [9.17, 15) is 9.90 Å². The number of benzene rings is 1. The first kappa shape index (κ1) is 18.5. The third-order valence-corrected chi connectivity index (χ3v) is 6.81.